The predicted molar refractivity (Wildman–Crippen MR) is 139 cm³/mol. The van der Waals surface area contributed by atoms with Gasteiger partial charge in [0.2, 0.25) is 10.0 Å². The largest absolute Gasteiger partial charge is 0.365 e. The molecule has 5 rings (SSSR count). The van der Waals surface area contributed by atoms with Crippen LogP contribution in [-0.4, -0.2) is 21.0 Å². The van der Waals surface area contributed by atoms with Crippen molar-refractivity contribution < 1.29 is 12.8 Å². The summed E-state index contributed by atoms with van der Waals surface area (Å²) in [7, 11) is -3.52. The lowest BCUT2D eigenvalue weighted by molar-refractivity contribution is 0.524. The van der Waals surface area contributed by atoms with Crippen molar-refractivity contribution in [3.63, 3.8) is 0 Å². The van der Waals surface area contributed by atoms with E-state index in [2.05, 4.69) is 33.9 Å². The van der Waals surface area contributed by atoms with Crippen LogP contribution in [-0.2, 0) is 28.7 Å². The van der Waals surface area contributed by atoms with E-state index in [4.69, 9.17) is 0 Å². The number of nitrogens with one attached hydrogen (secondary N) is 1. The van der Waals surface area contributed by atoms with Gasteiger partial charge in [-0.25, -0.2) is 17.5 Å². The van der Waals surface area contributed by atoms with Crippen molar-refractivity contribution in [3.05, 3.63) is 126 Å². The highest BCUT2D eigenvalue weighted by molar-refractivity contribution is 7.88. The second-order valence-corrected chi connectivity index (χ2v) is 10.7. The summed E-state index contributed by atoms with van der Waals surface area (Å²) in [6.07, 6.45) is 0.587. The van der Waals surface area contributed by atoms with Crippen molar-refractivity contribution in [2.75, 3.05) is 11.4 Å². The highest BCUT2D eigenvalue weighted by atomic mass is 32.2. The third-order valence-electron chi connectivity index (χ3n) is 6.27. The molecule has 1 unspecified atom stereocenters. The molecule has 178 valence electrons. The summed E-state index contributed by atoms with van der Waals surface area (Å²) in [5.74, 6) is -0.320. The summed E-state index contributed by atoms with van der Waals surface area (Å²) in [6, 6.07) is 31.8. The number of fused-ring (bicyclic) bond motifs is 1. The van der Waals surface area contributed by atoms with E-state index in [1.807, 2.05) is 54.6 Å². The van der Waals surface area contributed by atoms with Crippen molar-refractivity contribution in [2.24, 2.45) is 0 Å². The summed E-state index contributed by atoms with van der Waals surface area (Å²) >= 11 is 0. The van der Waals surface area contributed by atoms with E-state index >= 15 is 0 Å². The Hall–Kier alpha value is -3.48. The summed E-state index contributed by atoms with van der Waals surface area (Å²) in [6.45, 7) is 1.26. The number of nitrogens with zero attached hydrogens (tertiary/aromatic N) is 1. The van der Waals surface area contributed by atoms with E-state index < -0.39 is 10.0 Å². The fourth-order valence-corrected chi connectivity index (χ4v) is 6.08. The van der Waals surface area contributed by atoms with Crippen LogP contribution in [0.2, 0.25) is 0 Å². The number of halogens is 1. The van der Waals surface area contributed by atoms with E-state index in [0.717, 1.165) is 33.5 Å². The van der Waals surface area contributed by atoms with Crippen LogP contribution in [0.15, 0.2) is 103 Å². The van der Waals surface area contributed by atoms with Crippen molar-refractivity contribution >= 4 is 15.7 Å². The van der Waals surface area contributed by atoms with E-state index in [1.165, 1.54) is 12.1 Å². The highest BCUT2D eigenvalue weighted by Crippen LogP contribution is 2.33. The molecular formula is C29H27FN2O2S. The maximum atomic E-state index is 13.4. The monoisotopic (exact) mass is 486 g/mol. The molecule has 0 amide bonds. The minimum Gasteiger partial charge on any atom is -0.365 e. The van der Waals surface area contributed by atoms with Gasteiger partial charge in [0.05, 0.1) is 5.75 Å². The molecule has 1 aliphatic heterocycles. The number of benzene rings is 4. The Kier molecular flexibility index (Phi) is 6.66. The van der Waals surface area contributed by atoms with Gasteiger partial charge < -0.3 is 4.90 Å². The van der Waals surface area contributed by atoms with Crippen LogP contribution in [0.1, 0.15) is 16.7 Å². The molecule has 6 heteroatoms. The second kappa shape index (κ2) is 10.0. The van der Waals surface area contributed by atoms with Gasteiger partial charge in [-0.05, 0) is 58.5 Å². The van der Waals surface area contributed by atoms with Gasteiger partial charge in [0.25, 0.3) is 0 Å². The fourth-order valence-electron chi connectivity index (χ4n) is 4.70. The third kappa shape index (κ3) is 5.78. The molecule has 4 nitrogen and oxygen atoms in total. The van der Waals surface area contributed by atoms with Gasteiger partial charge >= 0.3 is 0 Å². The number of sulfonamides is 1. The van der Waals surface area contributed by atoms with Gasteiger partial charge in [0.1, 0.15) is 5.82 Å². The maximum Gasteiger partial charge on any atom is 0.216 e. The molecular weight excluding hydrogens is 459 g/mol. The van der Waals surface area contributed by atoms with Crippen LogP contribution >= 0.6 is 0 Å². The molecule has 1 atom stereocenters. The quantitative estimate of drug-likeness (QED) is 0.373. The molecule has 1 aliphatic rings. The zero-order valence-corrected chi connectivity index (χ0v) is 20.1. The zero-order chi connectivity index (χ0) is 24.3. The molecule has 1 heterocycles. The predicted octanol–water partition coefficient (Wildman–Crippen LogP) is 5.54. The Labute approximate surface area is 206 Å². The number of anilines is 1. The van der Waals surface area contributed by atoms with Gasteiger partial charge in [0, 0.05) is 24.8 Å². The Morgan fingerprint density at radius 1 is 0.800 bits per heavy atom. The van der Waals surface area contributed by atoms with Crippen LogP contribution in [0.3, 0.4) is 0 Å². The van der Waals surface area contributed by atoms with Gasteiger partial charge in [-0.2, -0.15) is 0 Å². The summed E-state index contributed by atoms with van der Waals surface area (Å²) in [5.41, 5.74) is 6.00. The molecule has 0 saturated carbocycles. The van der Waals surface area contributed by atoms with E-state index in [-0.39, 0.29) is 17.6 Å². The first kappa shape index (κ1) is 23.3. The first-order valence-corrected chi connectivity index (χ1v) is 13.3. The zero-order valence-electron chi connectivity index (χ0n) is 19.3. The number of rotatable bonds is 7. The summed E-state index contributed by atoms with van der Waals surface area (Å²) in [5, 5.41) is 0. The topological polar surface area (TPSA) is 49.4 Å². The average Bonchev–Trinajstić information content (AvgIpc) is 2.85. The molecule has 35 heavy (non-hydrogen) atoms. The van der Waals surface area contributed by atoms with Crippen molar-refractivity contribution in [1.82, 2.24) is 4.72 Å². The Morgan fingerprint density at radius 2 is 1.43 bits per heavy atom. The first-order chi connectivity index (χ1) is 16.9. The van der Waals surface area contributed by atoms with Crippen molar-refractivity contribution in [1.29, 1.82) is 0 Å². The summed E-state index contributed by atoms with van der Waals surface area (Å²) in [4.78, 5) is 2.23. The lowest BCUT2D eigenvalue weighted by Gasteiger charge is -2.37. The van der Waals surface area contributed by atoms with Crippen LogP contribution in [0, 0.1) is 5.82 Å². The van der Waals surface area contributed by atoms with Gasteiger partial charge in [-0.1, -0.05) is 78.9 Å². The normalized spacial score (nSPS) is 15.6. The Morgan fingerprint density at radius 3 is 2.11 bits per heavy atom. The highest BCUT2D eigenvalue weighted by Gasteiger charge is 2.28. The van der Waals surface area contributed by atoms with Gasteiger partial charge in [-0.15, -0.1) is 0 Å². The second-order valence-electron chi connectivity index (χ2n) is 8.98. The number of hydrogen-bond acceptors (Lipinski definition) is 3. The SMILES string of the molecule is O=S(=O)(Cc1ccccc1)NC1Cc2cc(-c3ccc(F)cc3)ccc2N(Cc2ccccc2)C1. The Bertz CT molecular complexity index is 1390. The van der Waals surface area contributed by atoms with Gasteiger partial charge in [0.15, 0.2) is 0 Å². The van der Waals surface area contributed by atoms with Crippen molar-refractivity contribution in [3.8, 4) is 11.1 Å². The molecule has 0 spiro atoms. The fraction of sp³-hybridized carbons (Fsp3) is 0.172. The number of hydrogen-bond donors (Lipinski definition) is 1. The molecule has 0 saturated heterocycles. The van der Waals surface area contributed by atoms with Crippen LogP contribution in [0.4, 0.5) is 10.1 Å². The summed E-state index contributed by atoms with van der Waals surface area (Å²) < 4.78 is 42.4. The van der Waals surface area contributed by atoms with Gasteiger partial charge in [-0.3, -0.25) is 0 Å². The van der Waals surface area contributed by atoms with E-state index in [1.54, 1.807) is 12.1 Å². The first-order valence-electron chi connectivity index (χ1n) is 11.7. The standard InChI is InChI=1S/C29H27FN2O2S/c30-27-14-11-24(12-15-27)25-13-16-29-26(17-25)18-28(20-32(29)19-22-7-3-1-4-8-22)31-35(33,34)21-23-9-5-2-6-10-23/h1-17,28,31H,18-21H2. The Balaban J connectivity index is 1.44. The molecule has 1 N–H and O–H groups in total. The minimum atomic E-state index is -3.52. The van der Waals surface area contributed by atoms with Crippen LogP contribution in [0.5, 0.6) is 0 Å². The maximum absolute atomic E-state index is 13.4. The van der Waals surface area contributed by atoms with Crippen LogP contribution in [0.25, 0.3) is 11.1 Å². The van der Waals surface area contributed by atoms with Crippen molar-refractivity contribution in [2.45, 2.75) is 24.8 Å². The molecule has 4 aromatic rings. The lowest BCUT2D eigenvalue weighted by atomic mass is 9.94. The molecule has 0 fully saturated rings. The molecule has 0 aromatic heterocycles. The van der Waals surface area contributed by atoms with E-state index in [9.17, 15) is 12.8 Å². The molecule has 0 radical (unpaired) electrons. The molecule has 4 aromatic carbocycles. The average molecular weight is 487 g/mol. The minimum absolute atomic E-state index is 0.0501. The lowest BCUT2D eigenvalue weighted by Crippen LogP contribution is -2.48. The smallest absolute Gasteiger partial charge is 0.216 e. The molecule has 0 aliphatic carbocycles. The van der Waals surface area contributed by atoms with E-state index in [0.29, 0.717) is 19.5 Å². The third-order valence-corrected chi connectivity index (χ3v) is 7.67. The van der Waals surface area contributed by atoms with Crippen LogP contribution < -0.4 is 9.62 Å². The molecule has 0 bridgehead atoms.